The van der Waals surface area contributed by atoms with E-state index in [1.165, 1.54) is 0 Å². The molecular weight excluding hydrogens is 526 g/mol. The van der Waals surface area contributed by atoms with Gasteiger partial charge in [0.25, 0.3) is 0 Å². The standard InChI is InChI=1S/C31H45N3O5S/c1-5-21-6-8-22(9-7-21)28(35)34(26-20-25(10-15-31(2,3)4)40-27(26)29(36)37)23-13-18-33(19-14-23)30(38)39-24-11-16-32-17-12-24/h20-24,32H,5-9,11-14,16-19H2,1-4H3,(H,36,37). The number of piperidine rings is 2. The summed E-state index contributed by atoms with van der Waals surface area (Å²) in [6, 6.07) is 1.61. The Morgan fingerprint density at radius 2 is 1.73 bits per heavy atom. The summed E-state index contributed by atoms with van der Waals surface area (Å²) in [7, 11) is 0. The monoisotopic (exact) mass is 571 g/mol. The Bertz CT molecular complexity index is 1110. The fourth-order valence-electron chi connectivity index (χ4n) is 5.97. The van der Waals surface area contributed by atoms with Gasteiger partial charge in [0.15, 0.2) is 0 Å². The summed E-state index contributed by atoms with van der Waals surface area (Å²) in [5, 5.41) is 13.4. The summed E-state index contributed by atoms with van der Waals surface area (Å²) in [5.74, 6) is 5.85. The van der Waals surface area contributed by atoms with Gasteiger partial charge in [-0.2, -0.15) is 0 Å². The van der Waals surface area contributed by atoms with Gasteiger partial charge in [0.1, 0.15) is 11.0 Å². The molecule has 9 heteroatoms. The Labute approximate surface area is 242 Å². The molecule has 0 radical (unpaired) electrons. The molecule has 2 saturated heterocycles. The first-order valence-corrected chi connectivity index (χ1v) is 15.8. The second kappa shape index (κ2) is 13.4. The first kappa shape index (κ1) is 30.4. The molecule has 3 aliphatic rings. The van der Waals surface area contributed by atoms with E-state index in [0.29, 0.717) is 42.4 Å². The molecule has 2 N–H and O–H groups in total. The van der Waals surface area contributed by atoms with E-state index in [1.807, 2.05) is 20.8 Å². The predicted molar refractivity (Wildman–Crippen MR) is 158 cm³/mol. The molecule has 2 amide bonds. The lowest BCUT2D eigenvalue weighted by atomic mass is 9.80. The van der Waals surface area contributed by atoms with E-state index in [-0.39, 0.29) is 40.4 Å². The number of thiophene rings is 1. The van der Waals surface area contributed by atoms with Crippen LogP contribution in [-0.4, -0.2) is 66.3 Å². The quantitative estimate of drug-likeness (QED) is 0.422. The predicted octanol–water partition coefficient (Wildman–Crippen LogP) is 5.75. The number of rotatable bonds is 6. The molecule has 1 aromatic rings. The molecule has 2 aliphatic heterocycles. The highest BCUT2D eigenvalue weighted by atomic mass is 32.1. The molecule has 0 atom stereocenters. The molecule has 1 saturated carbocycles. The maximum Gasteiger partial charge on any atom is 0.410 e. The third kappa shape index (κ3) is 7.79. The minimum atomic E-state index is -1.04. The van der Waals surface area contributed by atoms with Crippen molar-refractivity contribution in [2.75, 3.05) is 31.1 Å². The number of hydrogen-bond acceptors (Lipinski definition) is 6. The Kier molecular flexibility index (Phi) is 10.2. The number of anilines is 1. The zero-order valence-corrected chi connectivity index (χ0v) is 25.3. The Balaban J connectivity index is 1.56. The number of carbonyl (C=O) groups is 3. The van der Waals surface area contributed by atoms with Gasteiger partial charge in [0.2, 0.25) is 5.91 Å². The highest BCUT2D eigenvalue weighted by Gasteiger charge is 2.38. The van der Waals surface area contributed by atoms with Gasteiger partial charge in [0.05, 0.1) is 10.6 Å². The Morgan fingerprint density at radius 1 is 1.07 bits per heavy atom. The maximum atomic E-state index is 14.2. The SMILES string of the molecule is CCC1CCC(C(=O)N(c2cc(C#CC(C)(C)C)sc2C(=O)O)C2CCN(C(=O)OC3CCNCC3)CC2)CC1. The molecule has 0 unspecified atom stereocenters. The topological polar surface area (TPSA) is 99.2 Å². The van der Waals surface area contributed by atoms with Crippen LogP contribution in [0.15, 0.2) is 6.07 Å². The van der Waals surface area contributed by atoms with Crippen LogP contribution in [0.1, 0.15) is 100 Å². The number of aromatic carboxylic acids is 1. The van der Waals surface area contributed by atoms with Gasteiger partial charge >= 0.3 is 12.1 Å². The van der Waals surface area contributed by atoms with E-state index in [1.54, 1.807) is 15.9 Å². The fraction of sp³-hybridized carbons (Fsp3) is 0.710. The van der Waals surface area contributed by atoms with Gasteiger partial charge in [-0.3, -0.25) is 4.79 Å². The molecule has 0 spiro atoms. The second-order valence-corrected chi connectivity index (χ2v) is 13.6. The van der Waals surface area contributed by atoms with Gasteiger partial charge < -0.3 is 25.0 Å². The summed E-state index contributed by atoms with van der Waals surface area (Å²) in [4.78, 5) is 43.7. The number of carboxylic acid groups (broad SMARTS) is 1. The first-order valence-electron chi connectivity index (χ1n) is 15.0. The molecule has 8 nitrogen and oxygen atoms in total. The van der Waals surface area contributed by atoms with Crippen LogP contribution in [0.5, 0.6) is 0 Å². The lowest BCUT2D eigenvalue weighted by Gasteiger charge is -2.40. The van der Waals surface area contributed by atoms with E-state index in [2.05, 4.69) is 24.1 Å². The highest BCUT2D eigenvalue weighted by Crippen LogP contribution is 2.38. The lowest BCUT2D eigenvalue weighted by Crippen LogP contribution is -2.51. The van der Waals surface area contributed by atoms with Crippen LogP contribution in [0.2, 0.25) is 0 Å². The van der Waals surface area contributed by atoms with Crippen molar-refractivity contribution in [3.8, 4) is 11.8 Å². The summed E-state index contributed by atoms with van der Waals surface area (Å²) >= 11 is 1.14. The zero-order chi connectivity index (χ0) is 28.9. The average Bonchev–Trinajstić information content (AvgIpc) is 3.37. The van der Waals surface area contributed by atoms with Crippen LogP contribution in [0.4, 0.5) is 10.5 Å². The van der Waals surface area contributed by atoms with Gasteiger partial charge in [-0.15, -0.1) is 11.3 Å². The molecule has 3 heterocycles. The largest absolute Gasteiger partial charge is 0.477 e. The number of carbonyl (C=O) groups excluding carboxylic acids is 2. The normalized spacial score (nSPS) is 22.8. The molecule has 40 heavy (non-hydrogen) atoms. The molecular formula is C31H45N3O5S. The third-order valence-electron chi connectivity index (χ3n) is 8.38. The lowest BCUT2D eigenvalue weighted by molar-refractivity contribution is -0.124. The number of amides is 2. The van der Waals surface area contributed by atoms with E-state index in [4.69, 9.17) is 4.74 Å². The number of ether oxygens (including phenoxy) is 1. The Morgan fingerprint density at radius 3 is 2.30 bits per heavy atom. The van der Waals surface area contributed by atoms with Crippen molar-refractivity contribution in [1.29, 1.82) is 0 Å². The molecule has 0 bridgehead atoms. The van der Waals surface area contributed by atoms with Gasteiger partial charge in [-0.25, -0.2) is 9.59 Å². The first-order chi connectivity index (χ1) is 19.1. The number of nitrogens with zero attached hydrogens (tertiary/aromatic N) is 2. The van der Waals surface area contributed by atoms with Crippen LogP contribution >= 0.6 is 11.3 Å². The average molecular weight is 572 g/mol. The molecule has 3 fully saturated rings. The number of nitrogens with one attached hydrogen (secondary N) is 1. The van der Waals surface area contributed by atoms with Crippen LogP contribution in [-0.2, 0) is 9.53 Å². The van der Waals surface area contributed by atoms with Gasteiger partial charge in [-0.1, -0.05) is 25.2 Å². The summed E-state index contributed by atoms with van der Waals surface area (Å²) in [6.45, 7) is 10.9. The minimum absolute atomic E-state index is 0.0147. The van der Waals surface area contributed by atoms with Crippen molar-refractivity contribution >= 4 is 35.0 Å². The van der Waals surface area contributed by atoms with E-state index < -0.39 is 5.97 Å². The van der Waals surface area contributed by atoms with E-state index in [9.17, 15) is 19.5 Å². The van der Waals surface area contributed by atoms with Crippen molar-refractivity contribution in [2.24, 2.45) is 17.3 Å². The zero-order valence-electron chi connectivity index (χ0n) is 24.5. The second-order valence-electron chi connectivity index (χ2n) is 12.5. The summed E-state index contributed by atoms with van der Waals surface area (Å²) < 4.78 is 5.76. The molecule has 220 valence electrons. The fourth-order valence-corrected chi connectivity index (χ4v) is 6.81. The number of likely N-dealkylation sites (tertiary alicyclic amines) is 1. The maximum absolute atomic E-state index is 14.2. The molecule has 1 aromatic heterocycles. The minimum Gasteiger partial charge on any atom is -0.477 e. The molecule has 4 rings (SSSR count). The van der Waals surface area contributed by atoms with Crippen LogP contribution in [0.25, 0.3) is 0 Å². The van der Waals surface area contributed by atoms with E-state index >= 15 is 0 Å². The van der Waals surface area contributed by atoms with Crippen molar-refractivity contribution in [3.63, 3.8) is 0 Å². The highest BCUT2D eigenvalue weighted by molar-refractivity contribution is 7.15. The van der Waals surface area contributed by atoms with Crippen molar-refractivity contribution in [2.45, 2.75) is 97.6 Å². The smallest absolute Gasteiger partial charge is 0.410 e. The number of hydrogen-bond donors (Lipinski definition) is 2. The summed E-state index contributed by atoms with van der Waals surface area (Å²) in [5.41, 5.74) is 0.227. The molecule has 0 aromatic carbocycles. The summed E-state index contributed by atoms with van der Waals surface area (Å²) in [6.07, 6.45) is 7.30. The van der Waals surface area contributed by atoms with Crippen LogP contribution < -0.4 is 10.2 Å². The number of carboxylic acids is 1. The van der Waals surface area contributed by atoms with Gasteiger partial charge in [0, 0.05) is 30.5 Å². The van der Waals surface area contributed by atoms with Crippen molar-refractivity contribution < 1.29 is 24.2 Å². The third-order valence-corrected chi connectivity index (χ3v) is 9.41. The van der Waals surface area contributed by atoms with Crippen LogP contribution in [0.3, 0.4) is 0 Å². The van der Waals surface area contributed by atoms with Gasteiger partial charge in [-0.05, 0) is 97.2 Å². The van der Waals surface area contributed by atoms with Crippen molar-refractivity contribution in [3.05, 3.63) is 15.8 Å². The van der Waals surface area contributed by atoms with E-state index in [0.717, 1.165) is 69.4 Å². The van der Waals surface area contributed by atoms with Crippen molar-refractivity contribution in [1.82, 2.24) is 10.2 Å². The molecule has 1 aliphatic carbocycles. The van der Waals surface area contributed by atoms with Crippen LogP contribution in [0, 0.1) is 29.1 Å². The Hall–Kier alpha value is -2.57.